The summed E-state index contributed by atoms with van der Waals surface area (Å²) in [5.41, 5.74) is 2.31. The lowest BCUT2D eigenvalue weighted by atomic mass is 10.2. The lowest BCUT2D eigenvalue weighted by molar-refractivity contribution is -0.222. The van der Waals surface area contributed by atoms with Gasteiger partial charge in [0.25, 0.3) is 5.79 Å². The summed E-state index contributed by atoms with van der Waals surface area (Å²) in [6, 6.07) is 9.37. The van der Waals surface area contributed by atoms with Gasteiger partial charge in [0.1, 0.15) is 0 Å². The molecule has 0 bridgehead atoms. The topological polar surface area (TPSA) is 90.4 Å². The highest BCUT2D eigenvalue weighted by Crippen LogP contribution is 2.28. The van der Waals surface area contributed by atoms with Crippen molar-refractivity contribution in [3.05, 3.63) is 53.5 Å². The number of hydrogen-bond acceptors (Lipinski definition) is 8. The van der Waals surface area contributed by atoms with Crippen LogP contribution >= 0.6 is 11.8 Å². The second-order valence-electron chi connectivity index (χ2n) is 6.44. The van der Waals surface area contributed by atoms with Crippen LogP contribution in [0.1, 0.15) is 25.2 Å². The number of carbonyl (C=O) groups excluding carboxylic acids is 2. The van der Waals surface area contributed by atoms with Crippen molar-refractivity contribution in [2.45, 2.75) is 43.5 Å². The third kappa shape index (κ3) is 4.85. The Kier molecular flexibility index (Phi) is 5.18. The molecule has 0 spiro atoms. The van der Waals surface area contributed by atoms with Crippen LogP contribution in [-0.2, 0) is 19.1 Å². The summed E-state index contributed by atoms with van der Waals surface area (Å²) in [5, 5.41) is 3.59. The minimum Gasteiger partial charge on any atom is -0.419 e. The Balaban J connectivity index is 1.74. The van der Waals surface area contributed by atoms with E-state index in [9.17, 15) is 9.59 Å². The minimum atomic E-state index is -1.26. The van der Waals surface area contributed by atoms with E-state index < -0.39 is 17.7 Å². The molecule has 1 aromatic carbocycles. The Hall–Kier alpha value is -2.87. The van der Waals surface area contributed by atoms with E-state index >= 15 is 0 Å². The molecule has 8 heteroatoms. The molecule has 27 heavy (non-hydrogen) atoms. The van der Waals surface area contributed by atoms with Crippen LogP contribution in [0.3, 0.4) is 0 Å². The molecule has 1 aliphatic heterocycles. The maximum absolute atomic E-state index is 12.0. The van der Waals surface area contributed by atoms with E-state index in [0.29, 0.717) is 10.8 Å². The molecule has 2 aromatic rings. The van der Waals surface area contributed by atoms with E-state index in [2.05, 4.69) is 15.3 Å². The summed E-state index contributed by atoms with van der Waals surface area (Å²) in [6.07, 6.45) is 1.29. The Morgan fingerprint density at radius 3 is 2.30 bits per heavy atom. The van der Waals surface area contributed by atoms with Crippen molar-refractivity contribution in [3.63, 3.8) is 0 Å². The highest BCUT2D eigenvalue weighted by Gasteiger charge is 2.38. The summed E-state index contributed by atoms with van der Waals surface area (Å²) >= 11 is 1.43. The van der Waals surface area contributed by atoms with E-state index in [1.54, 1.807) is 0 Å². The molecule has 1 fully saturated rings. The van der Waals surface area contributed by atoms with Gasteiger partial charge in [0, 0.05) is 42.0 Å². The lowest BCUT2D eigenvalue weighted by Gasteiger charge is -2.29. The SMILES string of the molecule is Cc1cc(C)nc(Sc2cccc(NC=C3C(=O)OC(C)(C)OC3=O)c2)n1. The smallest absolute Gasteiger partial charge is 0.350 e. The number of nitrogens with one attached hydrogen (secondary N) is 1. The van der Waals surface area contributed by atoms with Gasteiger partial charge in [0.2, 0.25) is 0 Å². The Labute approximate surface area is 161 Å². The van der Waals surface area contributed by atoms with E-state index in [1.165, 1.54) is 31.8 Å². The second kappa shape index (κ2) is 7.40. The van der Waals surface area contributed by atoms with Gasteiger partial charge in [-0.3, -0.25) is 0 Å². The second-order valence-corrected chi connectivity index (χ2v) is 7.49. The average Bonchev–Trinajstić information content (AvgIpc) is 2.52. The van der Waals surface area contributed by atoms with Crippen LogP contribution in [-0.4, -0.2) is 27.7 Å². The standard InChI is InChI=1S/C19H19N3O4S/c1-11-8-12(2)22-18(21-11)27-14-7-5-6-13(9-14)20-10-15-16(23)25-19(3,4)26-17(15)24/h5-10,20H,1-4H3. The molecule has 1 aromatic heterocycles. The fourth-order valence-electron chi connectivity index (χ4n) is 2.43. The first kappa shape index (κ1) is 18.9. The number of ether oxygens (including phenoxy) is 2. The van der Waals surface area contributed by atoms with Gasteiger partial charge in [-0.25, -0.2) is 19.6 Å². The Bertz CT molecular complexity index is 898. The number of aryl methyl sites for hydroxylation is 2. The number of carbonyl (C=O) groups is 2. The van der Waals surface area contributed by atoms with Crippen LogP contribution in [0.25, 0.3) is 0 Å². The van der Waals surface area contributed by atoms with Gasteiger partial charge in [-0.2, -0.15) is 0 Å². The third-order valence-corrected chi connectivity index (χ3v) is 4.36. The molecule has 3 rings (SSSR count). The predicted octanol–water partition coefficient (Wildman–Crippen LogP) is 3.38. The van der Waals surface area contributed by atoms with Gasteiger partial charge in [0.05, 0.1) is 0 Å². The highest BCUT2D eigenvalue weighted by molar-refractivity contribution is 7.99. The molecule has 7 nitrogen and oxygen atoms in total. The molecular weight excluding hydrogens is 366 g/mol. The number of nitrogens with zero attached hydrogens (tertiary/aromatic N) is 2. The van der Waals surface area contributed by atoms with Crippen LogP contribution in [0.2, 0.25) is 0 Å². The molecule has 0 radical (unpaired) electrons. The zero-order valence-corrected chi connectivity index (χ0v) is 16.2. The number of benzene rings is 1. The summed E-state index contributed by atoms with van der Waals surface area (Å²) in [5.74, 6) is -2.70. The maximum Gasteiger partial charge on any atom is 0.350 e. The van der Waals surface area contributed by atoms with Gasteiger partial charge in [0.15, 0.2) is 10.7 Å². The van der Waals surface area contributed by atoms with Gasteiger partial charge < -0.3 is 14.8 Å². The van der Waals surface area contributed by atoms with E-state index in [4.69, 9.17) is 9.47 Å². The fourth-order valence-corrected chi connectivity index (χ4v) is 3.35. The molecule has 1 N–H and O–H groups in total. The molecule has 0 saturated carbocycles. The average molecular weight is 385 g/mol. The van der Waals surface area contributed by atoms with Gasteiger partial charge in [-0.05, 0) is 49.9 Å². The van der Waals surface area contributed by atoms with Crippen LogP contribution < -0.4 is 5.32 Å². The fraction of sp³-hybridized carbons (Fsp3) is 0.263. The summed E-state index contributed by atoms with van der Waals surface area (Å²) < 4.78 is 10.1. The first-order valence-electron chi connectivity index (χ1n) is 8.25. The van der Waals surface area contributed by atoms with Crippen LogP contribution in [0.5, 0.6) is 0 Å². The van der Waals surface area contributed by atoms with Crippen molar-refractivity contribution in [3.8, 4) is 0 Å². The Morgan fingerprint density at radius 2 is 1.67 bits per heavy atom. The van der Waals surface area contributed by atoms with Crippen molar-refractivity contribution < 1.29 is 19.1 Å². The third-order valence-electron chi connectivity index (χ3n) is 3.50. The zero-order chi connectivity index (χ0) is 19.6. The lowest BCUT2D eigenvalue weighted by Crippen LogP contribution is -2.42. The quantitative estimate of drug-likeness (QED) is 0.371. The highest BCUT2D eigenvalue weighted by atomic mass is 32.2. The van der Waals surface area contributed by atoms with Crippen molar-refractivity contribution in [1.82, 2.24) is 9.97 Å². The van der Waals surface area contributed by atoms with Crippen molar-refractivity contribution in [2.75, 3.05) is 5.32 Å². The molecule has 2 heterocycles. The van der Waals surface area contributed by atoms with Crippen molar-refractivity contribution in [2.24, 2.45) is 0 Å². The molecular formula is C19H19N3O4S. The van der Waals surface area contributed by atoms with Crippen molar-refractivity contribution >= 4 is 29.4 Å². The largest absolute Gasteiger partial charge is 0.419 e. The number of aromatic nitrogens is 2. The van der Waals surface area contributed by atoms with E-state index in [0.717, 1.165) is 16.3 Å². The maximum atomic E-state index is 12.0. The molecule has 0 aliphatic carbocycles. The summed E-state index contributed by atoms with van der Waals surface area (Å²) in [6.45, 7) is 6.85. The Morgan fingerprint density at radius 1 is 1.04 bits per heavy atom. The van der Waals surface area contributed by atoms with Gasteiger partial charge in [-0.15, -0.1) is 0 Å². The first-order valence-corrected chi connectivity index (χ1v) is 9.07. The van der Waals surface area contributed by atoms with Gasteiger partial charge >= 0.3 is 11.9 Å². The van der Waals surface area contributed by atoms with E-state index in [-0.39, 0.29) is 5.57 Å². The van der Waals surface area contributed by atoms with Crippen molar-refractivity contribution in [1.29, 1.82) is 0 Å². The molecule has 1 aliphatic rings. The van der Waals surface area contributed by atoms with E-state index in [1.807, 2.05) is 44.2 Å². The molecule has 140 valence electrons. The van der Waals surface area contributed by atoms with Crippen LogP contribution in [0.15, 0.2) is 52.2 Å². The first-order chi connectivity index (χ1) is 12.7. The number of cyclic esters (lactones) is 2. The zero-order valence-electron chi connectivity index (χ0n) is 15.4. The molecule has 0 unspecified atom stereocenters. The minimum absolute atomic E-state index is 0.190. The summed E-state index contributed by atoms with van der Waals surface area (Å²) in [4.78, 5) is 33.7. The van der Waals surface area contributed by atoms with Crippen LogP contribution in [0, 0.1) is 13.8 Å². The monoisotopic (exact) mass is 385 g/mol. The molecule has 1 saturated heterocycles. The number of hydrogen-bond donors (Lipinski definition) is 1. The van der Waals surface area contributed by atoms with Gasteiger partial charge in [-0.1, -0.05) is 6.07 Å². The van der Waals surface area contributed by atoms with Crippen LogP contribution in [0.4, 0.5) is 5.69 Å². The summed E-state index contributed by atoms with van der Waals surface area (Å²) in [7, 11) is 0. The number of rotatable bonds is 4. The number of esters is 2. The predicted molar refractivity (Wildman–Crippen MR) is 100 cm³/mol. The molecule has 0 atom stereocenters. The number of anilines is 1. The normalized spacial score (nSPS) is 15.8. The molecule has 0 amide bonds.